The Bertz CT molecular complexity index is 482. The molecular weight excluding hydrogens is 306 g/mol. The third-order valence-electron chi connectivity index (χ3n) is 5.08. The highest BCUT2D eigenvalue weighted by molar-refractivity contribution is 5.82. The molecule has 0 radical (unpaired) electrons. The highest BCUT2D eigenvalue weighted by Gasteiger charge is 2.32. The highest BCUT2D eigenvalue weighted by atomic mass is 16.2. The van der Waals surface area contributed by atoms with Crippen LogP contribution in [0, 0.1) is 11.3 Å². The average molecular weight is 337 g/mol. The van der Waals surface area contributed by atoms with Gasteiger partial charge in [0.25, 0.3) is 0 Å². The van der Waals surface area contributed by atoms with Crippen molar-refractivity contribution in [2.24, 2.45) is 11.3 Å². The van der Waals surface area contributed by atoms with Crippen LogP contribution in [0.3, 0.4) is 0 Å². The van der Waals surface area contributed by atoms with Crippen molar-refractivity contribution in [3.63, 3.8) is 0 Å². The minimum absolute atomic E-state index is 0.00911. The molecule has 2 rings (SSSR count). The lowest BCUT2D eigenvalue weighted by Crippen LogP contribution is -2.51. The lowest BCUT2D eigenvalue weighted by molar-refractivity contribution is -0.141. The van der Waals surface area contributed by atoms with Crippen LogP contribution in [0.15, 0.2) is 0 Å². The van der Waals surface area contributed by atoms with Gasteiger partial charge in [-0.25, -0.2) is 0 Å². The molecule has 6 heteroatoms. The number of nitrogens with one attached hydrogen (secondary N) is 1. The van der Waals surface area contributed by atoms with E-state index in [0.717, 1.165) is 25.7 Å². The predicted molar refractivity (Wildman–Crippen MR) is 92.2 cm³/mol. The van der Waals surface area contributed by atoms with E-state index in [-0.39, 0.29) is 35.1 Å². The van der Waals surface area contributed by atoms with Crippen LogP contribution in [0.25, 0.3) is 0 Å². The second-order valence-electron chi connectivity index (χ2n) is 8.11. The maximum absolute atomic E-state index is 12.4. The molecule has 2 saturated heterocycles. The molecule has 2 aliphatic heterocycles. The minimum atomic E-state index is -0.346. The molecule has 2 heterocycles. The van der Waals surface area contributed by atoms with Crippen LogP contribution in [0.1, 0.15) is 53.4 Å². The summed E-state index contributed by atoms with van der Waals surface area (Å²) in [5.74, 6) is 0.391. The average Bonchev–Trinajstić information content (AvgIpc) is 2.54. The number of rotatable bonds is 2. The van der Waals surface area contributed by atoms with Crippen molar-refractivity contribution in [3.05, 3.63) is 0 Å². The van der Waals surface area contributed by atoms with Crippen molar-refractivity contribution in [2.45, 2.75) is 59.4 Å². The Morgan fingerprint density at radius 3 is 1.83 bits per heavy atom. The molecular formula is C18H31N3O3. The standard InChI is InChI=1S/C18H31N3O3/c1-13(22)20-9-5-14(6-10-20)16(23)19-15-7-11-21(12-8-15)17(24)18(2,3)4/h14-15H,5-12H2,1-4H3,(H,19,23). The lowest BCUT2D eigenvalue weighted by atomic mass is 9.92. The van der Waals surface area contributed by atoms with Gasteiger partial charge in [0.05, 0.1) is 0 Å². The number of nitrogens with zero attached hydrogens (tertiary/aromatic N) is 2. The van der Waals surface area contributed by atoms with Gasteiger partial charge in [0, 0.05) is 50.5 Å². The van der Waals surface area contributed by atoms with Crippen molar-refractivity contribution < 1.29 is 14.4 Å². The van der Waals surface area contributed by atoms with E-state index in [1.54, 1.807) is 11.8 Å². The summed E-state index contributed by atoms with van der Waals surface area (Å²) in [5, 5.41) is 3.15. The van der Waals surface area contributed by atoms with Crippen LogP contribution >= 0.6 is 0 Å². The Morgan fingerprint density at radius 2 is 1.38 bits per heavy atom. The molecule has 6 nitrogen and oxygen atoms in total. The summed E-state index contributed by atoms with van der Waals surface area (Å²) in [5.41, 5.74) is -0.346. The second-order valence-corrected chi connectivity index (χ2v) is 8.11. The summed E-state index contributed by atoms with van der Waals surface area (Å²) < 4.78 is 0. The van der Waals surface area contributed by atoms with E-state index in [2.05, 4.69) is 5.32 Å². The van der Waals surface area contributed by atoms with E-state index in [0.29, 0.717) is 26.2 Å². The topological polar surface area (TPSA) is 69.7 Å². The van der Waals surface area contributed by atoms with Crippen LogP contribution < -0.4 is 5.32 Å². The van der Waals surface area contributed by atoms with Crippen molar-refractivity contribution >= 4 is 17.7 Å². The van der Waals surface area contributed by atoms with Crippen LogP contribution in [0.5, 0.6) is 0 Å². The monoisotopic (exact) mass is 337 g/mol. The summed E-state index contributed by atoms with van der Waals surface area (Å²) in [6.45, 7) is 10.2. The van der Waals surface area contributed by atoms with Crippen molar-refractivity contribution in [1.82, 2.24) is 15.1 Å². The fourth-order valence-electron chi connectivity index (χ4n) is 3.48. The van der Waals surface area contributed by atoms with Gasteiger partial charge in [-0.2, -0.15) is 0 Å². The van der Waals surface area contributed by atoms with Crippen molar-refractivity contribution in [2.75, 3.05) is 26.2 Å². The van der Waals surface area contributed by atoms with Gasteiger partial charge in [-0.1, -0.05) is 20.8 Å². The number of hydrogen-bond acceptors (Lipinski definition) is 3. The number of carbonyl (C=O) groups is 3. The zero-order chi connectivity index (χ0) is 17.9. The van der Waals surface area contributed by atoms with E-state index >= 15 is 0 Å². The second kappa shape index (κ2) is 7.53. The van der Waals surface area contributed by atoms with E-state index in [4.69, 9.17) is 0 Å². The van der Waals surface area contributed by atoms with E-state index in [1.807, 2.05) is 25.7 Å². The van der Waals surface area contributed by atoms with Crippen LogP contribution in [0.4, 0.5) is 0 Å². The van der Waals surface area contributed by atoms with Gasteiger partial charge in [-0.3, -0.25) is 14.4 Å². The zero-order valence-electron chi connectivity index (χ0n) is 15.4. The predicted octanol–water partition coefficient (Wildman–Crippen LogP) is 1.40. The first kappa shape index (κ1) is 18.7. The van der Waals surface area contributed by atoms with Gasteiger partial charge in [-0.15, -0.1) is 0 Å². The first-order valence-electron chi connectivity index (χ1n) is 9.03. The molecule has 0 aromatic heterocycles. The minimum Gasteiger partial charge on any atom is -0.353 e. The third-order valence-corrected chi connectivity index (χ3v) is 5.08. The molecule has 0 saturated carbocycles. The molecule has 0 spiro atoms. The summed E-state index contributed by atoms with van der Waals surface area (Å²) in [4.78, 5) is 39.8. The van der Waals surface area contributed by atoms with Gasteiger partial charge in [0.1, 0.15) is 0 Å². The number of piperidine rings is 2. The van der Waals surface area contributed by atoms with E-state index in [1.165, 1.54) is 0 Å². The molecule has 2 fully saturated rings. The molecule has 0 atom stereocenters. The third kappa shape index (κ3) is 4.71. The first-order chi connectivity index (χ1) is 11.2. The molecule has 0 aromatic carbocycles. The fraction of sp³-hybridized carbons (Fsp3) is 0.833. The Labute approximate surface area is 144 Å². The molecule has 0 unspecified atom stereocenters. The number of likely N-dealkylation sites (tertiary alicyclic amines) is 2. The quantitative estimate of drug-likeness (QED) is 0.828. The van der Waals surface area contributed by atoms with Crippen LogP contribution in [0.2, 0.25) is 0 Å². The fourth-order valence-corrected chi connectivity index (χ4v) is 3.48. The lowest BCUT2D eigenvalue weighted by Gasteiger charge is -2.37. The molecule has 3 amide bonds. The number of carbonyl (C=O) groups excluding carboxylic acids is 3. The Morgan fingerprint density at radius 1 is 0.875 bits per heavy atom. The normalized spacial score (nSPS) is 20.8. The van der Waals surface area contributed by atoms with Gasteiger partial charge in [0.2, 0.25) is 17.7 Å². The maximum Gasteiger partial charge on any atom is 0.227 e. The molecule has 2 aliphatic rings. The van der Waals surface area contributed by atoms with E-state index < -0.39 is 0 Å². The molecule has 24 heavy (non-hydrogen) atoms. The number of hydrogen-bond donors (Lipinski definition) is 1. The zero-order valence-corrected chi connectivity index (χ0v) is 15.4. The van der Waals surface area contributed by atoms with Crippen molar-refractivity contribution in [1.29, 1.82) is 0 Å². The van der Waals surface area contributed by atoms with Crippen LogP contribution in [-0.4, -0.2) is 59.7 Å². The Kier molecular flexibility index (Phi) is 5.88. The van der Waals surface area contributed by atoms with Crippen LogP contribution in [-0.2, 0) is 14.4 Å². The summed E-state index contributed by atoms with van der Waals surface area (Å²) in [6, 6.07) is 0.160. The molecule has 0 aromatic rings. The first-order valence-corrected chi connectivity index (χ1v) is 9.03. The highest BCUT2D eigenvalue weighted by Crippen LogP contribution is 2.22. The van der Waals surface area contributed by atoms with Gasteiger partial charge in [-0.05, 0) is 25.7 Å². The molecule has 1 N–H and O–H groups in total. The van der Waals surface area contributed by atoms with Gasteiger partial charge < -0.3 is 15.1 Å². The largest absolute Gasteiger partial charge is 0.353 e. The summed E-state index contributed by atoms with van der Waals surface area (Å²) in [6.07, 6.45) is 3.12. The molecule has 0 aliphatic carbocycles. The summed E-state index contributed by atoms with van der Waals surface area (Å²) >= 11 is 0. The molecule has 136 valence electrons. The van der Waals surface area contributed by atoms with E-state index in [9.17, 15) is 14.4 Å². The Hall–Kier alpha value is -1.59. The Balaban J connectivity index is 1.75. The SMILES string of the molecule is CC(=O)N1CCC(C(=O)NC2CCN(C(=O)C(C)(C)C)CC2)CC1. The summed E-state index contributed by atoms with van der Waals surface area (Å²) in [7, 11) is 0. The van der Waals surface area contributed by atoms with Gasteiger partial charge in [0.15, 0.2) is 0 Å². The maximum atomic E-state index is 12.4. The molecule has 0 bridgehead atoms. The van der Waals surface area contributed by atoms with Gasteiger partial charge >= 0.3 is 0 Å². The van der Waals surface area contributed by atoms with Crippen molar-refractivity contribution in [3.8, 4) is 0 Å². The smallest absolute Gasteiger partial charge is 0.227 e. The number of amides is 3.